The van der Waals surface area contributed by atoms with Gasteiger partial charge in [-0.1, -0.05) is 166 Å². The van der Waals surface area contributed by atoms with Gasteiger partial charge in [-0.05, 0) is 94.8 Å². The lowest BCUT2D eigenvalue weighted by Gasteiger charge is -2.06. The molecule has 0 aliphatic rings. The Labute approximate surface area is 342 Å². The van der Waals surface area contributed by atoms with Crippen LogP contribution in [0.1, 0.15) is 153 Å². The lowest BCUT2D eigenvalue weighted by Crippen LogP contribution is -1.89. The Morgan fingerprint density at radius 1 is 0.352 bits per heavy atom. The maximum atomic E-state index is 2.62. The number of unbranched alkanes of at least 4 members (excludes halogenated alkanes) is 18. The SMILES string of the molecule is CCCCCCCCCCCCc1c(-c2cc3ccccc3s2)sc2cc3c(CCCCCCCCCCCC)c(-c4cc5ccccc5s4)sc3cc12. The summed E-state index contributed by atoms with van der Waals surface area (Å²) in [5.41, 5.74) is 3.21. The van der Waals surface area contributed by atoms with E-state index in [9.17, 15) is 0 Å². The van der Waals surface area contributed by atoms with Crippen LogP contribution in [0, 0.1) is 0 Å². The average molecular weight is 791 g/mol. The summed E-state index contributed by atoms with van der Waals surface area (Å²) in [6.07, 6.45) is 30.1. The molecule has 0 fully saturated rings. The van der Waals surface area contributed by atoms with Crippen molar-refractivity contribution in [1.82, 2.24) is 0 Å². The molecule has 4 aromatic heterocycles. The topological polar surface area (TPSA) is 0 Å². The van der Waals surface area contributed by atoms with Crippen molar-refractivity contribution in [2.75, 3.05) is 0 Å². The van der Waals surface area contributed by atoms with Gasteiger partial charge < -0.3 is 0 Å². The van der Waals surface area contributed by atoms with Crippen LogP contribution < -0.4 is 0 Å². The van der Waals surface area contributed by atoms with E-state index in [2.05, 4.69) is 109 Å². The summed E-state index contributed by atoms with van der Waals surface area (Å²) in [5, 5.41) is 5.80. The third-order valence-corrected chi connectivity index (χ3v) is 16.5. The van der Waals surface area contributed by atoms with Gasteiger partial charge in [0.2, 0.25) is 0 Å². The molecule has 3 aromatic carbocycles. The number of benzene rings is 3. The Morgan fingerprint density at radius 2 is 0.704 bits per heavy atom. The molecule has 7 rings (SSSR count). The van der Waals surface area contributed by atoms with Crippen LogP contribution in [0.2, 0.25) is 0 Å². The molecule has 286 valence electrons. The molecule has 4 heterocycles. The highest BCUT2D eigenvalue weighted by Crippen LogP contribution is 2.49. The van der Waals surface area contributed by atoms with E-state index < -0.39 is 0 Å². The zero-order valence-corrected chi connectivity index (χ0v) is 36.4. The van der Waals surface area contributed by atoms with Gasteiger partial charge in [-0.25, -0.2) is 0 Å². The highest BCUT2D eigenvalue weighted by atomic mass is 32.1. The predicted octanol–water partition coefficient (Wildman–Crippen LogP) is 18.8. The first-order valence-corrected chi connectivity index (χ1v) is 25.0. The molecule has 0 aliphatic heterocycles. The lowest BCUT2D eigenvalue weighted by molar-refractivity contribution is 0.556. The molecule has 7 aromatic rings. The van der Waals surface area contributed by atoms with Crippen LogP contribution in [0.4, 0.5) is 0 Å². The van der Waals surface area contributed by atoms with Gasteiger partial charge in [0.15, 0.2) is 0 Å². The summed E-state index contributed by atoms with van der Waals surface area (Å²) in [4.78, 5) is 5.97. The zero-order chi connectivity index (χ0) is 37.0. The predicted molar refractivity (Wildman–Crippen MR) is 250 cm³/mol. The van der Waals surface area contributed by atoms with E-state index in [1.807, 2.05) is 22.7 Å². The molecule has 0 bridgehead atoms. The Bertz CT molecular complexity index is 1960. The molecule has 0 saturated carbocycles. The molecule has 0 amide bonds. The molecule has 0 atom stereocenters. The molecule has 0 unspecified atom stereocenters. The smallest absolute Gasteiger partial charge is 0.0487 e. The maximum absolute atomic E-state index is 2.62. The Hall–Kier alpha value is -2.50. The number of hydrogen-bond acceptors (Lipinski definition) is 4. The first-order chi connectivity index (χ1) is 26.7. The fourth-order valence-corrected chi connectivity index (χ4v) is 13.4. The van der Waals surface area contributed by atoms with Crippen molar-refractivity contribution in [3.63, 3.8) is 0 Å². The van der Waals surface area contributed by atoms with E-state index in [1.165, 1.54) is 201 Å². The first kappa shape index (κ1) is 39.7. The van der Waals surface area contributed by atoms with Crippen molar-refractivity contribution in [3.05, 3.63) is 83.9 Å². The summed E-state index contributed by atoms with van der Waals surface area (Å²) < 4.78 is 5.79. The molecule has 4 heteroatoms. The van der Waals surface area contributed by atoms with Crippen molar-refractivity contribution >= 4 is 85.7 Å². The van der Waals surface area contributed by atoms with E-state index in [-0.39, 0.29) is 0 Å². The van der Waals surface area contributed by atoms with Crippen LogP contribution in [0.3, 0.4) is 0 Å². The van der Waals surface area contributed by atoms with E-state index in [4.69, 9.17) is 0 Å². The van der Waals surface area contributed by atoms with Gasteiger partial charge in [0, 0.05) is 38.3 Å². The van der Waals surface area contributed by atoms with E-state index in [0.29, 0.717) is 0 Å². The minimum absolute atomic E-state index is 1.19. The molecular weight excluding hydrogens is 729 g/mol. The molecule has 0 N–H and O–H groups in total. The van der Waals surface area contributed by atoms with E-state index >= 15 is 0 Å². The second-order valence-electron chi connectivity index (χ2n) is 15.8. The van der Waals surface area contributed by atoms with Crippen LogP contribution in [-0.4, -0.2) is 0 Å². The molecule has 54 heavy (non-hydrogen) atoms. The van der Waals surface area contributed by atoms with E-state index in [1.54, 1.807) is 11.1 Å². The number of hydrogen-bond donors (Lipinski definition) is 0. The fourth-order valence-electron chi connectivity index (χ4n) is 8.45. The minimum atomic E-state index is 1.19. The Balaban J connectivity index is 1.14. The molecule has 0 aliphatic carbocycles. The van der Waals surface area contributed by atoms with Crippen LogP contribution in [0.5, 0.6) is 0 Å². The summed E-state index contributed by atoms with van der Waals surface area (Å²) >= 11 is 8.11. The molecule has 0 nitrogen and oxygen atoms in total. The highest BCUT2D eigenvalue weighted by Gasteiger charge is 2.21. The summed E-state index contributed by atoms with van der Waals surface area (Å²) in [7, 11) is 0. The maximum Gasteiger partial charge on any atom is 0.0487 e. The van der Waals surface area contributed by atoms with Crippen LogP contribution >= 0.6 is 45.3 Å². The van der Waals surface area contributed by atoms with Gasteiger partial charge >= 0.3 is 0 Å². The highest BCUT2D eigenvalue weighted by molar-refractivity contribution is 7.30. The van der Waals surface area contributed by atoms with Gasteiger partial charge in [0.1, 0.15) is 0 Å². The van der Waals surface area contributed by atoms with Crippen molar-refractivity contribution in [3.8, 4) is 19.5 Å². The second kappa shape index (κ2) is 20.6. The monoisotopic (exact) mass is 790 g/mol. The van der Waals surface area contributed by atoms with Crippen LogP contribution in [-0.2, 0) is 12.8 Å². The van der Waals surface area contributed by atoms with Crippen LogP contribution in [0.25, 0.3) is 59.9 Å². The van der Waals surface area contributed by atoms with Gasteiger partial charge in [-0.2, -0.15) is 0 Å². The van der Waals surface area contributed by atoms with Gasteiger partial charge in [-0.15, -0.1) is 45.3 Å². The van der Waals surface area contributed by atoms with Gasteiger partial charge in [-0.3, -0.25) is 0 Å². The van der Waals surface area contributed by atoms with Crippen molar-refractivity contribution < 1.29 is 0 Å². The number of fused-ring (bicyclic) bond motifs is 4. The van der Waals surface area contributed by atoms with Crippen molar-refractivity contribution in [2.45, 2.75) is 155 Å². The third kappa shape index (κ3) is 10.1. The molecule has 0 saturated heterocycles. The largest absolute Gasteiger partial charge is 0.134 e. The minimum Gasteiger partial charge on any atom is -0.134 e. The standard InChI is InChI=1S/C50H62S4/c1-3-5-7-9-11-13-15-17-19-21-29-39-41-35-46-42(36-45(41)53-49(39)47-33-37-27-23-25-31-43(37)51-47)40(30-22-20-18-16-14-12-10-8-6-4-2)50(54-46)48-34-38-28-24-26-32-44(38)52-48/h23-28,31-36H,3-22,29-30H2,1-2H3. The fraction of sp³-hybridized carbons (Fsp3) is 0.480. The summed E-state index contributed by atoms with van der Waals surface area (Å²) in [5.74, 6) is 0. The summed E-state index contributed by atoms with van der Waals surface area (Å²) in [6, 6.07) is 28.1. The average Bonchev–Trinajstić information content (AvgIpc) is 3.98. The van der Waals surface area contributed by atoms with Crippen LogP contribution in [0.15, 0.2) is 72.8 Å². The normalized spacial score (nSPS) is 12.0. The van der Waals surface area contributed by atoms with Gasteiger partial charge in [0.25, 0.3) is 0 Å². The van der Waals surface area contributed by atoms with Crippen molar-refractivity contribution in [2.24, 2.45) is 0 Å². The van der Waals surface area contributed by atoms with E-state index in [0.717, 1.165) is 0 Å². The van der Waals surface area contributed by atoms with Crippen molar-refractivity contribution in [1.29, 1.82) is 0 Å². The molecule has 0 radical (unpaired) electrons. The molecule has 0 spiro atoms. The van der Waals surface area contributed by atoms with Gasteiger partial charge in [0.05, 0.1) is 0 Å². The number of rotatable bonds is 24. The quantitative estimate of drug-likeness (QED) is 0.0535. The molecular formula is C50H62S4. The first-order valence-electron chi connectivity index (χ1n) is 21.7. The number of aryl methyl sites for hydroxylation is 2. The summed E-state index contributed by atoms with van der Waals surface area (Å²) in [6.45, 7) is 4.63. The Kier molecular flexibility index (Phi) is 15.2. The Morgan fingerprint density at radius 3 is 1.07 bits per heavy atom. The lowest BCUT2D eigenvalue weighted by atomic mass is 9.98. The third-order valence-electron chi connectivity index (χ3n) is 11.6. The second-order valence-corrected chi connectivity index (χ2v) is 20.1. The zero-order valence-electron chi connectivity index (χ0n) is 33.1. The number of thiophene rings is 4.